The number of amides is 2. The van der Waals surface area contributed by atoms with Crippen molar-refractivity contribution >= 4 is 28.4 Å². The number of para-hydroxylation sites is 1. The van der Waals surface area contributed by atoms with Gasteiger partial charge in [0.2, 0.25) is 5.91 Å². The first-order chi connectivity index (χ1) is 16.0. The Morgan fingerprint density at radius 3 is 2.64 bits per heavy atom. The number of anilines is 1. The van der Waals surface area contributed by atoms with E-state index in [2.05, 4.69) is 22.5 Å². The minimum Gasteiger partial charge on any atom is -0.351 e. The van der Waals surface area contributed by atoms with Crippen LogP contribution in [0.15, 0.2) is 54.6 Å². The van der Waals surface area contributed by atoms with Gasteiger partial charge in [0.05, 0.1) is 16.8 Å². The Morgan fingerprint density at radius 1 is 1.09 bits per heavy atom. The molecular formula is C27H32N4O2. The molecule has 1 fully saturated rings. The summed E-state index contributed by atoms with van der Waals surface area (Å²) >= 11 is 0. The van der Waals surface area contributed by atoms with Crippen molar-refractivity contribution in [3.8, 4) is 11.3 Å². The van der Waals surface area contributed by atoms with Gasteiger partial charge in [0.25, 0.3) is 5.91 Å². The second-order valence-corrected chi connectivity index (χ2v) is 8.69. The number of hydrogen-bond acceptors (Lipinski definition) is 4. The fraction of sp³-hybridized carbons (Fsp3) is 0.370. The van der Waals surface area contributed by atoms with E-state index in [-0.39, 0.29) is 11.8 Å². The molecule has 33 heavy (non-hydrogen) atoms. The minimum absolute atomic E-state index is 0.0236. The number of benzene rings is 2. The Labute approximate surface area is 195 Å². The van der Waals surface area contributed by atoms with Crippen molar-refractivity contribution in [1.82, 2.24) is 15.2 Å². The molecule has 1 aliphatic rings. The molecule has 2 N–H and O–H groups in total. The van der Waals surface area contributed by atoms with E-state index < -0.39 is 0 Å². The lowest BCUT2D eigenvalue weighted by molar-refractivity contribution is -0.115. The zero-order chi connectivity index (χ0) is 23.2. The molecular weight excluding hydrogens is 412 g/mol. The van der Waals surface area contributed by atoms with E-state index in [0.29, 0.717) is 24.6 Å². The van der Waals surface area contributed by atoms with Crippen LogP contribution in [-0.4, -0.2) is 47.4 Å². The average molecular weight is 445 g/mol. The highest BCUT2D eigenvalue weighted by molar-refractivity contribution is 6.07. The fourth-order valence-corrected chi connectivity index (χ4v) is 4.38. The average Bonchev–Trinajstić information content (AvgIpc) is 2.84. The first kappa shape index (κ1) is 22.9. The van der Waals surface area contributed by atoms with E-state index >= 15 is 0 Å². The molecule has 2 amide bonds. The van der Waals surface area contributed by atoms with Gasteiger partial charge in [0.1, 0.15) is 0 Å². The van der Waals surface area contributed by atoms with Crippen molar-refractivity contribution in [2.24, 2.45) is 0 Å². The van der Waals surface area contributed by atoms with Crippen molar-refractivity contribution in [1.29, 1.82) is 0 Å². The van der Waals surface area contributed by atoms with Crippen LogP contribution >= 0.6 is 0 Å². The van der Waals surface area contributed by atoms with Crippen molar-refractivity contribution in [3.63, 3.8) is 0 Å². The first-order valence-corrected chi connectivity index (χ1v) is 11.9. The summed E-state index contributed by atoms with van der Waals surface area (Å²) in [5.74, 6) is -0.101. The van der Waals surface area contributed by atoms with Gasteiger partial charge in [0, 0.05) is 42.2 Å². The monoisotopic (exact) mass is 444 g/mol. The van der Waals surface area contributed by atoms with Crippen molar-refractivity contribution in [2.45, 2.75) is 45.6 Å². The number of rotatable bonds is 7. The summed E-state index contributed by atoms with van der Waals surface area (Å²) in [7, 11) is 0. The number of nitrogens with one attached hydrogen (secondary N) is 2. The lowest BCUT2D eigenvalue weighted by Crippen LogP contribution is -2.42. The lowest BCUT2D eigenvalue weighted by atomic mass is 10.0. The summed E-state index contributed by atoms with van der Waals surface area (Å²) in [5.41, 5.74) is 3.79. The van der Waals surface area contributed by atoms with Crippen molar-refractivity contribution < 1.29 is 9.59 Å². The molecule has 0 saturated carbocycles. The van der Waals surface area contributed by atoms with Crippen LogP contribution in [0.5, 0.6) is 0 Å². The Morgan fingerprint density at radius 2 is 1.88 bits per heavy atom. The normalized spacial score (nSPS) is 16.5. The molecule has 4 rings (SSSR count). The molecule has 0 bridgehead atoms. The molecule has 172 valence electrons. The summed E-state index contributed by atoms with van der Waals surface area (Å²) in [6.07, 6.45) is 4.19. The van der Waals surface area contributed by atoms with Gasteiger partial charge < -0.3 is 10.6 Å². The Balaban J connectivity index is 1.54. The van der Waals surface area contributed by atoms with Crippen LogP contribution in [0.1, 0.15) is 49.9 Å². The van der Waals surface area contributed by atoms with E-state index in [4.69, 9.17) is 4.98 Å². The van der Waals surface area contributed by atoms with Gasteiger partial charge >= 0.3 is 0 Å². The van der Waals surface area contributed by atoms with E-state index in [9.17, 15) is 9.59 Å². The zero-order valence-electron chi connectivity index (χ0n) is 19.4. The standard InChI is InChI=1S/C27H32N4O2/c1-3-26(32)29-21-13-11-20(12-14-21)25-18-23(22-9-4-5-10-24(22)30-25)27(33)28-15-17-31-16-7-6-8-19(31)2/h4-5,9-14,18-19H,3,6-8,15-17H2,1-2H3,(H,28,33)(H,29,32)/t19-/m1/s1. The van der Waals surface area contributed by atoms with E-state index in [1.165, 1.54) is 19.3 Å². The van der Waals surface area contributed by atoms with Gasteiger partial charge in [0.15, 0.2) is 0 Å². The summed E-state index contributed by atoms with van der Waals surface area (Å²) in [6, 6.07) is 17.7. The fourth-order valence-electron chi connectivity index (χ4n) is 4.38. The first-order valence-electron chi connectivity index (χ1n) is 11.9. The predicted octanol–water partition coefficient (Wildman–Crippen LogP) is 4.85. The number of likely N-dealkylation sites (tertiary alicyclic amines) is 1. The number of carbonyl (C=O) groups excluding carboxylic acids is 2. The summed E-state index contributed by atoms with van der Waals surface area (Å²) in [4.78, 5) is 32.0. The summed E-state index contributed by atoms with van der Waals surface area (Å²) in [5, 5.41) is 6.82. The molecule has 1 saturated heterocycles. The SMILES string of the molecule is CCC(=O)Nc1ccc(-c2cc(C(=O)NCCN3CCCC[C@H]3C)c3ccccc3n2)cc1. The number of aromatic nitrogens is 1. The molecule has 1 aliphatic heterocycles. The Bertz CT molecular complexity index is 1130. The molecule has 6 heteroatoms. The molecule has 3 aromatic rings. The number of piperidine rings is 1. The van der Waals surface area contributed by atoms with Crippen molar-refractivity contribution in [3.05, 3.63) is 60.2 Å². The van der Waals surface area contributed by atoms with Crippen LogP contribution in [0, 0.1) is 0 Å². The predicted molar refractivity (Wildman–Crippen MR) is 133 cm³/mol. The van der Waals surface area contributed by atoms with Gasteiger partial charge in [-0.15, -0.1) is 0 Å². The second kappa shape index (κ2) is 10.6. The maximum atomic E-state index is 13.2. The third-order valence-electron chi connectivity index (χ3n) is 6.37. The van der Waals surface area contributed by atoms with Crippen LogP contribution < -0.4 is 10.6 Å². The van der Waals surface area contributed by atoms with Gasteiger partial charge in [-0.1, -0.05) is 43.7 Å². The van der Waals surface area contributed by atoms with Gasteiger partial charge in [-0.3, -0.25) is 14.5 Å². The van der Waals surface area contributed by atoms with Gasteiger partial charge in [-0.05, 0) is 50.6 Å². The topological polar surface area (TPSA) is 74.3 Å². The van der Waals surface area contributed by atoms with Gasteiger partial charge in [-0.2, -0.15) is 0 Å². The number of pyridine rings is 1. The highest BCUT2D eigenvalue weighted by Gasteiger charge is 2.18. The molecule has 0 aliphatic carbocycles. The summed E-state index contributed by atoms with van der Waals surface area (Å²) in [6.45, 7) is 6.69. The van der Waals surface area contributed by atoms with E-state index in [1.54, 1.807) is 0 Å². The molecule has 0 spiro atoms. The molecule has 2 heterocycles. The van der Waals surface area contributed by atoms with E-state index in [0.717, 1.165) is 40.9 Å². The van der Waals surface area contributed by atoms with Crippen LogP contribution in [0.2, 0.25) is 0 Å². The Kier molecular flexibility index (Phi) is 7.35. The van der Waals surface area contributed by atoms with Gasteiger partial charge in [-0.25, -0.2) is 4.98 Å². The largest absolute Gasteiger partial charge is 0.351 e. The van der Waals surface area contributed by atoms with Crippen molar-refractivity contribution in [2.75, 3.05) is 25.0 Å². The lowest BCUT2D eigenvalue weighted by Gasteiger charge is -2.33. The van der Waals surface area contributed by atoms with Crippen LogP contribution in [0.3, 0.4) is 0 Å². The second-order valence-electron chi connectivity index (χ2n) is 8.69. The van der Waals surface area contributed by atoms with Crippen LogP contribution in [-0.2, 0) is 4.79 Å². The quantitative estimate of drug-likeness (QED) is 0.546. The third-order valence-corrected chi connectivity index (χ3v) is 6.37. The number of hydrogen-bond donors (Lipinski definition) is 2. The maximum absolute atomic E-state index is 13.2. The molecule has 1 aromatic heterocycles. The zero-order valence-corrected chi connectivity index (χ0v) is 19.4. The van der Waals surface area contributed by atoms with E-state index in [1.807, 2.05) is 61.5 Å². The smallest absolute Gasteiger partial charge is 0.252 e. The molecule has 2 aromatic carbocycles. The number of carbonyl (C=O) groups is 2. The maximum Gasteiger partial charge on any atom is 0.252 e. The highest BCUT2D eigenvalue weighted by Crippen LogP contribution is 2.26. The third kappa shape index (κ3) is 5.57. The minimum atomic E-state index is -0.0775. The molecule has 0 radical (unpaired) electrons. The highest BCUT2D eigenvalue weighted by atomic mass is 16.2. The molecule has 1 atom stereocenters. The number of nitrogens with zero attached hydrogens (tertiary/aromatic N) is 2. The molecule has 0 unspecified atom stereocenters. The van der Waals surface area contributed by atoms with Crippen LogP contribution in [0.4, 0.5) is 5.69 Å². The summed E-state index contributed by atoms with van der Waals surface area (Å²) < 4.78 is 0. The Hall–Kier alpha value is -3.25. The van der Waals surface area contributed by atoms with Crippen LogP contribution in [0.25, 0.3) is 22.2 Å². The number of fused-ring (bicyclic) bond motifs is 1. The molecule has 6 nitrogen and oxygen atoms in total.